The number of aliphatic hydroxyl groups is 1. The number of thiazole rings is 1. The number of rotatable bonds is 4. The zero-order chi connectivity index (χ0) is 13.7. The van der Waals surface area contributed by atoms with E-state index in [0.29, 0.717) is 0 Å². The molecule has 4 nitrogen and oxygen atoms in total. The summed E-state index contributed by atoms with van der Waals surface area (Å²) in [5.41, 5.74) is 0.386. The average Bonchev–Trinajstić information content (AvgIpc) is 2.83. The minimum atomic E-state index is -0.419. The number of carbonyl (C=O) groups excluding carboxylic acids is 1. The maximum Gasteiger partial charge on any atom is 0.244 e. The van der Waals surface area contributed by atoms with Gasteiger partial charge in [-0.25, -0.2) is 4.98 Å². The van der Waals surface area contributed by atoms with E-state index in [-0.39, 0.29) is 12.5 Å². The molecule has 1 aliphatic rings. The lowest BCUT2D eigenvalue weighted by atomic mass is 9.82. The molecule has 0 bridgehead atoms. The van der Waals surface area contributed by atoms with Gasteiger partial charge in [0.2, 0.25) is 5.91 Å². The summed E-state index contributed by atoms with van der Waals surface area (Å²) in [6.45, 7) is 1.95. The van der Waals surface area contributed by atoms with Gasteiger partial charge in [0, 0.05) is 11.5 Å². The fourth-order valence-electron chi connectivity index (χ4n) is 2.47. The summed E-state index contributed by atoms with van der Waals surface area (Å²) >= 11 is 1.56. The van der Waals surface area contributed by atoms with Crippen LogP contribution >= 0.6 is 11.3 Å². The molecule has 1 saturated carbocycles. The minimum Gasteiger partial charge on any atom is -0.394 e. The summed E-state index contributed by atoms with van der Waals surface area (Å²) in [5.74, 6) is -0.151. The first-order valence-electron chi connectivity index (χ1n) is 6.67. The van der Waals surface area contributed by atoms with Crippen LogP contribution in [0.2, 0.25) is 0 Å². The Labute approximate surface area is 117 Å². The molecule has 0 atom stereocenters. The number of hydrogen-bond donors (Lipinski definition) is 2. The first-order chi connectivity index (χ1) is 9.13. The lowest BCUT2D eigenvalue weighted by Gasteiger charge is -2.36. The third kappa shape index (κ3) is 3.88. The molecular formula is C14H20N2O2S. The second kappa shape index (κ2) is 6.30. The number of nitrogens with one attached hydrogen (secondary N) is 1. The Morgan fingerprint density at radius 2 is 2.26 bits per heavy atom. The molecule has 2 N–H and O–H groups in total. The topological polar surface area (TPSA) is 62.2 Å². The number of amides is 1. The molecule has 1 heterocycles. The Balaban J connectivity index is 1.94. The Kier molecular flexibility index (Phi) is 4.71. The molecule has 0 spiro atoms. The first-order valence-corrected chi connectivity index (χ1v) is 7.55. The Morgan fingerprint density at radius 1 is 1.53 bits per heavy atom. The molecule has 1 fully saturated rings. The van der Waals surface area contributed by atoms with Gasteiger partial charge in [0.25, 0.3) is 0 Å². The van der Waals surface area contributed by atoms with Gasteiger partial charge in [-0.1, -0.05) is 19.3 Å². The van der Waals surface area contributed by atoms with Crippen LogP contribution in [-0.4, -0.2) is 28.1 Å². The van der Waals surface area contributed by atoms with E-state index in [1.165, 1.54) is 12.5 Å². The van der Waals surface area contributed by atoms with Crippen LogP contribution in [0.1, 0.15) is 42.8 Å². The highest BCUT2D eigenvalue weighted by Crippen LogP contribution is 2.27. The summed E-state index contributed by atoms with van der Waals surface area (Å²) in [7, 11) is 0. The molecule has 104 valence electrons. The van der Waals surface area contributed by atoms with Crippen LogP contribution in [0.25, 0.3) is 6.08 Å². The van der Waals surface area contributed by atoms with E-state index in [9.17, 15) is 9.90 Å². The standard InChI is InChI=1S/C14H20N2O2S/c1-11-15-12(9-19-11)5-6-13(18)16-14(10-17)7-3-2-4-8-14/h5-6,9,17H,2-4,7-8,10H2,1H3,(H,16,18). The highest BCUT2D eigenvalue weighted by molar-refractivity contribution is 7.09. The maximum atomic E-state index is 11.9. The van der Waals surface area contributed by atoms with Crippen LogP contribution in [0.4, 0.5) is 0 Å². The fraction of sp³-hybridized carbons (Fsp3) is 0.571. The predicted octanol–water partition coefficient (Wildman–Crippen LogP) is 2.28. The number of aliphatic hydroxyl groups excluding tert-OH is 1. The van der Waals surface area contributed by atoms with Gasteiger partial charge >= 0.3 is 0 Å². The lowest BCUT2D eigenvalue weighted by Crippen LogP contribution is -2.52. The molecule has 0 aromatic carbocycles. The molecule has 19 heavy (non-hydrogen) atoms. The van der Waals surface area contributed by atoms with Crippen LogP contribution in [0, 0.1) is 6.92 Å². The second-order valence-corrected chi connectivity index (χ2v) is 6.18. The largest absolute Gasteiger partial charge is 0.394 e. The molecular weight excluding hydrogens is 260 g/mol. The zero-order valence-electron chi connectivity index (χ0n) is 11.2. The zero-order valence-corrected chi connectivity index (χ0v) is 12.0. The van der Waals surface area contributed by atoms with Crippen molar-refractivity contribution < 1.29 is 9.90 Å². The molecule has 2 rings (SSSR count). The van der Waals surface area contributed by atoms with E-state index in [1.54, 1.807) is 17.4 Å². The quantitative estimate of drug-likeness (QED) is 0.832. The van der Waals surface area contributed by atoms with Crippen molar-refractivity contribution in [3.05, 3.63) is 22.2 Å². The maximum absolute atomic E-state index is 11.9. The summed E-state index contributed by atoms with van der Waals surface area (Å²) in [4.78, 5) is 16.2. The monoisotopic (exact) mass is 280 g/mol. The van der Waals surface area contributed by atoms with Gasteiger partial charge in [-0.05, 0) is 25.8 Å². The highest BCUT2D eigenvalue weighted by atomic mass is 32.1. The molecule has 0 saturated heterocycles. The summed E-state index contributed by atoms with van der Waals surface area (Å²) in [5, 5.41) is 15.4. The van der Waals surface area contributed by atoms with E-state index >= 15 is 0 Å². The van der Waals surface area contributed by atoms with Gasteiger partial charge in [0.05, 0.1) is 22.8 Å². The molecule has 5 heteroatoms. The molecule has 1 aromatic rings. The van der Waals surface area contributed by atoms with Crippen molar-refractivity contribution in [2.24, 2.45) is 0 Å². The van der Waals surface area contributed by atoms with Crippen molar-refractivity contribution in [2.75, 3.05) is 6.61 Å². The van der Waals surface area contributed by atoms with Gasteiger partial charge in [0.1, 0.15) is 0 Å². The van der Waals surface area contributed by atoms with Crippen LogP contribution in [0.15, 0.2) is 11.5 Å². The molecule has 0 aliphatic heterocycles. The van der Waals surface area contributed by atoms with Gasteiger partial charge in [-0.3, -0.25) is 4.79 Å². The summed E-state index contributed by atoms with van der Waals surface area (Å²) in [6, 6.07) is 0. The summed E-state index contributed by atoms with van der Waals surface area (Å²) in [6.07, 6.45) is 8.25. The normalized spacial score (nSPS) is 18.6. The Hall–Kier alpha value is -1.20. The Morgan fingerprint density at radius 3 is 2.84 bits per heavy atom. The van der Waals surface area contributed by atoms with E-state index in [0.717, 1.165) is 36.4 Å². The van der Waals surface area contributed by atoms with E-state index in [4.69, 9.17) is 0 Å². The SMILES string of the molecule is Cc1nc(C=CC(=O)NC2(CO)CCCCC2)cs1. The summed E-state index contributed by atoms with van der Waals surface area (Å²) < 4.78 is 0. The molecule has 0 radical (unpaired) electrons. The predicted molar refractivity (Wildman–Crippen MR) is 76.9 cm³/mol. The van der Waals surface area contributed by atoms with Gasteiger partial charge in [-0.2, -0.15) is 0 Å². The minimum absolute atomic E-state index is 0.0163. The first kappa shape index (κ1) is 14.2. The lowest BCUT2D eigenvalue weighted by molar-refractivity contribution is -0.119. The third-order valence-corrected chi connectivity index (χ3v) is 4.34. The van der Waals surface area contributed by atoms with Gasteiger partial charge in [0.15, 0.2) is 0 Å². The van der Waals surface area contributed by atoms with Gasteiger partial charge in [-0.15, -0.1) is 11.3 Å². The van der Waals surface area contributed by atoms with Crippen LogP contribution < -0.4 is 5.32 Å². The van der Waals surface area contributed by atoms with Crippen LogP contribution in [-0.2, 0) is 4.79 Å². The number of aromatic nitrogens is 1. The highest BCUT2D eigenvalue weighted by Gasteiger charge is 2.32. The van der Waals surface area contributed by atoms with E-state index in [2.05, 4.69) is 10.3 Å². The van der Waals surface area contributed by atoms with Gasteiger partial charge < -0.3 is 10.4 Å². The average molecular weight is 280 g/mol. The van der Waals surface area contributed by atoms with Crippen molar-refractivity contribution in [3.63, 3.8) is 0 Å². The molecule has 1 aliphatic carbocycles. The van der Waals surface area contributed by atoms with Crippen molar-refractivity contribution in [3.8, 4) is 0 Å². The van der Waals surface area contributed by atoms with Crippen molar-refractivity contribution in [2.45, 2.75) is 44.6 Å². The molecule has 1 aromatic heterocycles. The number of nitrogens with zero attached hydrogens (tertiary/aromatic N) is 1. The third-order valence-electron chi connectivity index (χ3n) is 3.54. The van der Waals surface area contributed by atoms with Crippen molar-refractivity contribution >= 4 is 23.3 Å². The fourth-order valence-corrected chi connectivity index (χ4v) is 3.05. The number of carbonyl (C=O) groups is 1. The van der Waals surface area contributed by atoms with Crippen molar-refractivity contribution in [1.29, 1.82) is 0 Å². The van der Waals surface area contributed by atoms with Crippen LogP contribution in [0.3, 0.4) is 0 Å². The van der Waals surface area contributed by atoms with E-state index < -0.39 is 5.54 Å². The molecule has 1 amide bonds. The number of aryl methyl sites for hydroxylation is 1. The Bertz CT molecular complexity index is 462. The molecule has 0 unspecified atom stereocenters. The second-order valence-electron chi connectivity index (χ2n) is 5.11. The number of hydrogen-bond acceptors (Lipinski definition) is 4. The van der Waals surface area contributed by atoms with Crippen LogP contribution in [0.5, 0.6) is 0 Å². The smallest absolute Gasteiger partial charge is 0.244 e. The van der Waals surface area contributed by atoms with Crippen molar-refractivity contribution in [1.82, 2.24) is 10.3 Å². The van der Waals surface area contributed by atoms with E-state index in [1.807, 2.05) is 12.3 Å².